The SMILES string of the molecule is O=C(CNC(=O)c1ccc2c(c1)OCO2)OC(C(=O)N1CCOCC1)c1ccccc1. The van der Waals surface area contributed by atoms with Gasteiger partial charge in [0.2, 0.25) is 12.9 Å². The lowest BCUT2D eigenvalue weighted by atomic mass is 10.1. The van der Waals surface area contributed by atoms with Crippen LogP contribution in [0.1, 0.15) is 22.0 Å². The third-order valence-electron chi connectivity index (χ3n) is 4.93. The van der Waals surface area contributed by atoms with E-state index in [0.29, 0.717) is 48.9 Å². The maximum Gasteiger partial charge on any atom is 0.326 e. The molecule has 31 heavy (non-hydrogen) atoms. The number of fused-ring (bicyclic) bond motifs is 1. The molecule has 0 bridgehead atoms. The van der Waals surface area contributed by atoms with Gasteiger partial charge in [-0.05, 0) is 18.2 Å². The van der Waals surface area contributed by atoms with Crippen molar-refractivity contribution < 1.29 is 33.3 Å². The van der Waals surface area contributed by atoms with E-state index in [4.69, 9.17) is 18.9 Å². The van der Waals surface area contributed by atoms with Gasteiger partial charge >= 0.3 is 5.97 Å². The van der Waals surface area contributed by atoms with E-state index in [1.54, 1.807) is 41.3 Å². The summed E-state index contributed by atoms with van der Waals surface area (Å²) in [6.45, 7) is 1.46. The first-order valence-electron chi connectivity index (χ1n) is 9.90. The van der Waals surface area contributed by atoms with E-state index in [0.717, 1.165) is 0 Å². The van der Waals surface area contributed by atoms with Gasteiger partial charge in [0.15, 0.2) is 11.5 Å². The molecule has 1 unspecified atom stereocenters. The van der Waals surface area contributed by atoms with Gasteiger partial charge in [0, 0.05) is 24.2 Å². The normalized spacial score (nSPS) is 15.8. The van der Waals surface area contributed by atoms with Crippen LogP contribution in [0.2, 0.25) is 0 Å². The first-order valence-corrected chi connectivity index (χ1v) is 9.90. The summed E-state index contributed by atoms with van der Waals surface area (Å²) >= 11 is 0. The fourth-order valence-electron chi connectivity index (χ4n) is 3.30. The number of hydrogen-bond donors (Lipinski definition) is 1. The topological polar surface area (TPSA) is 103 Å². The lowest BCUT2D eigenvalue weighted by molar-refractivity contribution is -0.162. The standard InChI is InChI=1S/C22H22N2O7/c25-19(13-23-21(26)16-6-7-17-18(12-16)30-14-29-17)31-20(15-4-2-1-3-5-15)22(27)24-8-10-28-11-9-24/h1-7,12,20H,8-11,13-14H2,(H,23,26). The maximum absolute atomic E-state index is 13.0. The van der Waals surface area contributed by atoms with E-state index in [2.05, 4.69) is 5.32 Å². The summed E-state index contributed by atoms with van der Waals surface area (Å²) in [4.78, 5) is 39.4. The van der Waals surface area contributed by atoms with Crippen LogP contribution in [0.5, 0.6) is 11.5 Å². The van der Waals surface area contributed by atoms with Gasteiger partial charge in [-0.1, -0.05) is 30.3 Å². The summed E-state index contributed by atoms with van der Waals surface area (Å²) in [7, 11) is 0. The number of ether oxygens (including phenoxy) is 4. The van der Waals surface area contributed by atoms with Gasteiger partial charge in [0.1, 0.15) is 6.54 Å². The fraction of sp³-hybridized carbons (Fsp3) is 0.318. The molecular weight excluding hydrogens is 404 g/mol. The van der Waals surface area contributed by atoms with Crippen LogP contribution in [0.15, 0.2) is 48.5 Å². The molecule has 0 radical (unpaired) electrons. The third kappa shape index (κ3) is 4.95. The van der Waals surface area contributed by atoms with Gasteiger partial charge in [-0.15, -0.1) is 0 Å². The van der Waals surface area contributed by atoms with Gasteiger partial charge in [0.05, 0.1) is 13.2 Å². The van der Waals surface area contributed by atoms with E-state index in [1.807, 2.05) is 6.07 Å². The Kier molecular flexibility index (Phi) is 6.32. The minimum absolute atomic E-state index is 0.102. The molecule has 0 saturated carbocycles. The van der Waals surface area contributed by atoms with E-state index in [1.165, 1.54) is 6.07 Å². The third-order valence-corrected chi connectivity index (χ3v) is 4.93. The van der Waals surface area contributed by atoms with Crippen LogP contribution in [-0.2, 0) is 19.1 Å². The van der Waals surface area contributed by atoms with E-state index in [-0.39, 0.29) is 19.2 Å². The molecule has 1 saturated heterocycles. The van der Waals surface area contributed by atoms with Crippen molar-refractivity contribution in [2.45, 2.75) is 6.10 Å². The van der Waals surface area contributed by atoms with Crippen molar-refractivity contribution >= 4 is 17.8 Å². The van der Waals surface area contributed by atoms with Crippen molar-refractivity contribution in [3.8, 4) is 11.5 Å². The molecule has 2 aromatic rings. The Balaban J connectivity index is 1.39. The average molecular weight is 426 g/mol. The van der Waals surface area contributed by atoms with E-state index >= 15 is 0 Å². The second-order valence-electron chi connectivity index (χ2n) is 6.97. The smallest absolute Gasteiger partial charge is 0.326 e. The first kappa shape index (κ1) is 20.7. The van der Waals surface area contributed by atoms with Crippen molar-refractivity contribution in [2.24, 2.45) is 0 Å². The van der Waals surface area contributed by atoms with Crippen LogP contribution in [0, 0.1) is 0 Å². The summed E-state index contributed by atoms with van der Waals surface area (Å²) in [5, 5.41) is 2.51. The Morgan fingerprint density at radius 2 is 1.74 bits per heavy atom. The Morgan fingerprint density at radius 3 is 2.52 bits per heavy atom. The summed E-state index contributed by atoms with van der Waals surface area (Å²) < 4.78 is 21.2. The van der Waals surface area contributed by atoms with Crippen molar-refractivity contribution in [3.05, 3.63) is 59.7 Å². The predicted octanol–water partition coefficient (Wildman–Crippen LogP) is 1.29. The number of esters is 1. The lowest BCUT2D eigenvalue weighted by Crippen LogP contribution is -2.44. The number of morpholine rings is 1. The second kappa shape index (κ2) is 9.48. The molecule has 2 aromatic carbocycles. The molecule has 1 atom stereocenters. The zero-order valence-electron chi connectivity index (χ0n) is 16.7. The summed E-state index contributed by atoms with van der Waals surface area (Å²) in [6, 6.07) is 13.5. The van der Waals surface area contributed by atoms with Crippen LogP contribution in [0.3, 0.4) is 0 Å². The fourth-order valence-corrected chi connectivity index (χ4v) is 3.30. The minimum Gasteiger partial charge on any atom is -0.454 e. The van der Waals surface area contributed by atoms with Crippen molar-refractivity contribution in [3.63, 3.8) is 0 Å². The number of nitrogens with zero attached hydrogens (tertiary/aromatic N) is 1. The monoisotopic (exact) mass is 426 g/mol. The zero-order chi connectivity index (χ0) is 21.6. The molecule has 2 amide bonds. The zero-order valence-corrected chi connectivity index (χ0v) is 16.7. The van der Waals surface area contributed by atoms with Gasteiger partial charge in [0.25, 0.3) is 11.8 Å². The van der Waals surface area contributed by atoms with Crippen molar-refractivity contribution in [1.29, 1.82) is 0 Å². The molecule has 2 aliphatic heterocycles. The molecule has 0 aliphatic carbocycles. The predicted molar refractivity (Wildman–Crippen MR) is 108 cm³/mol. The van der Waals surface area contributed by atoms with Crippen LogP contribution >= 0.6 is 0 Å². The Labute approximate surface area is 178 Å². The van der Waals surface area contributed by atoms with Crippen LogP contribution in [-0.4, -0.2) is 62.3 Å². The molecule has 0 spiro atoms. The van der Waals surface area contributed by atoms with Crippen LogP contribution < -0.4 is 14.8 Å². The highest BCUT2D eigenvalue weighted by atomic mass is 16.7. The number of carbonyl (C=O) groups is 3. The Morgan fingerprint density at radius 1 is 1.00 bits per heavy atom. The molecule has 1 fully saturated rings. The summed E-state index contributed by atoms with van der Waals surface area (Å²) in [5.74, 6) is -0.473. The van der Waals surface area contributed by atoms with Crippen molar-refractivity contribution in [2.75, 3.05) is 39.6 Å². The molecule has 4 rings (SSSR count). The van der Waals surface area contributed by atoms with Crippen LogP contribution in [0.4, 0.5) is 0 Å². The number of hydrogen-bond acceptors (Lipinski definition) is 7. The van der Waals surface area contributed by atoms with E-state index < -0.39 is 18.0 Å². The number of rotatable bonds is 6. The quantitative estimate of drug-likeness (QED) is 0.694. The number of carbonyl (C=O) groups excluding carboxylic acids is 3. The molecule has 0 aromatic heterocycles. The maximum atomic E-state index is 13.0. The molecule has 162 valence electrons. The first-order chi connectivity index (χ1) is 15.1. The highest BCUT2D eigenvalue weighted by molar-refractivity contribution is 5.96. The van der Waals surface area contributed by atoms with Crippen molar-refractivity contribution in [1.82, 2.24) is 10.2 Å². The van der Waals surface area contributed by atoms with E-state index in [9.17, 15) is 14.4 Å². The molecule has 1 N–H and O–H groups in total. The number of amides is 2. The molecule has 9 heteroatoms. The van der Waals surface area contributed by atoms with Gasteiger partial charge in [-0.2, -0.15) is 0 Å². The molecular formula is C22H22N2O7. The molecule has 9 nitrogen and oxygen atoms in total. The number of benzene rings is 2. The minimum atomic E-state index is -1.09. The largest absolute Gasteiger partial charge is 0.454 e. The number of nitrogens with one attached hydrogen (secondary N) is 1. The lowest BCUT2D eigenvalue weighted by Gasteiger charge is -2.30. The summed E-state index contributed by atoms with van der Waals surface area (Å²) in [5.41, 5.74) is 0.885. The summed E-state index contributed by atoms with van der Waals surface area (Å²) in [6.07, 6.45) is -1.09. The van der Waals surface area contributed by atoms with Gasteiger partial charge in [-0.25, -0.2) is 0 Å². The average Bonchev–Trinajstić information content (AvgIpc) is 3.29. The highest BCUT2D eigenvalue weighted by Crippen LogP contribution is 2.32. The molecule has 2 heterocycles. The van der Waals surface area contributed by atoms with Gasteiger partial charge < -0.3 is 29.2 Å². The van der Waals surface area contributed by atoms with Crippen LogP contribution in [0.25, 0.3) is 0 Å². The molecule has 2 aliphatic rings. The Bertz CT molecular complexity index is 958. The van der Waals surface area contributed by atoms with Gasteiger partial charge in [-0.3, -0.25) is 14.4 Å². The highest BCUT2D eigenvalue weighted by Gasteiger charge is 2.30. The Hall–Kier alpha value is -3.59. The second-order valence-corrected chi connectivity index (χ2v) is 6.97.